The fourth-order valence-corrected chi connectivity index (χ4v) is 5.39. The van der Waals surface area contributed by atoms with Crippen LogP contribution in [0.2, 0.25) is 0 Å². The first-order valence-electron chi connectivity index (χ1n) is 11.8. The molecule has 192 valence electrons. The smallest absolute Gasteiger partial charge is 0.264 e. The summed E-state index contributed by atoms with van der Waals surface area (Å²) < 4.78 is 38.9. The third kappa shape index (κ3) is 6.79. The lowest BCUT2D eigenvalue weighted by molar-refractivity contribution is -0.119. The molecule has 0 aromatic heterocycles. The van der Waals surface area contributed by atoms with Crippen LogP contribution in [0.15, 0.2) is 65.6 Å². The van der Waals surface area contributed by atoms with Crippen LogP contribution in [0, 0.1) is 20.8 Å². The maximum absolute atomic E-state index is 13.6. The third-order valence-electron chi connectivity index (χ3n) is 5.80. The van der Waals surface area contributed by atoms with Crippen molar-refractivity contribution in [3.8, 4) is 11.5 Å². The van der Waals surface area contributed by atoms with Crippen molar-refractivity contribution in [3.63, 3.8) is 0 Å². The third-order valence-corrected chi connectivity index (χ3v) is 7.59. The number of nitrogens with zero attached hydrogens (tertiary/aromatic N) is 1. The van der Waals surface area contributed by atoms with Gasteiger partial charge in [-0.2, -0.15) is 0 Å². The molecule has 0 radical (unpaired) electrons. The fraction of sp³-hybridized carbons (Fsp3) is 0.321. The highest BCUT2D eigenvalue weighted by atomic mass is 32.2. The number of carbonyl (C=O) groups excluding carboxylic acids is 1. The molecule has 0 bridgehead atoms. The minimum atomic E-state index is -3.94. The average molecular weight is 511 g/mol. The molecule has 0 atom stereocenters. The number of sulfonamides is 1. The molecule has 0 aliphatic heterocycles. The molecule has 3 aromatic rings. The zero-order chi connectivity index (χ0) is 26.3. The Kier molecular flexibility index (Phi) is 8.98. The van der Waals surface area contributed by atoms with Gasteiger partial charge in [0.25, 0.3) is 10.0 Å². The Hall–Kier alpha value is -3.52. The van der Waals surface area contributed by atoms with E-state index in [-0.39, 0.29) is 17.3 Å². The Morgan fingerprint density at radius 1 is 0.833 bits per heavy atom. The molecular formula is C28H34N2O5S. The number of benzene rings is 3. The summed E-state index contributed by atoms with van der Waals surface area (Å²) in [5.74, 6) is 0.956. The lowest BCUT2D eigenvalue weighted by atomic mass is 10.1. The molecule has 0 aliphatic carbocycles. The van der Waals surface area contributed by atoms with Crippen molar-refractivity contribution < 1.29 is 22.7 Å². The molecule has 0 heterocycles. The van der Waals surface area contributed by atoms with E-state index in [1.54, 1.807) is 50.6 Å². The van der Waals surface area contributed by atoms with Crippen molar-refractivity contribution >= 4 is 21.6 Å². The van der Waals surface area contributed by atoms with Crippen LogP contribution >= 0.6 is 0 Å². The standard InChI is InChI=1S/C28H34N2O5S/c1-20-8-11-25(12-9-20)36(32,33)30(24-16-21(2)15-22(3)17-24)19-28(31)29-14-6-7-23-10-13-26(34-4)27(18-23)35-5/h8-13,15-18H,6-7,14,19H2,1-5H3,(H,29,31). The van der Waals surface area contributed by atoms with Gasteiger partial charge in [0.05, 0.1) is 24.8 Å². The van der Waals surface area contributed by atoms with Crippen molar-refractivity contribution in [2.24, 2.45) is 0 Å². The van der Waals surface area contributed by atoms with Gasteiger partial charge in [-0.1, -0.05) is 29.8 Å². The number of carbonyl (C=O) groups is 1. The van der Waals surface area contributed by atoms with E-state index in [9.17, 15) is 13.2 Å². The van der Waals surface area contributed by atoms with Crippen LogP contribution < -0.4 is 19.1 Å². The Bertz CT molecular complexity index is 1280. The average Bonchev–Trinajstić information content (AvgIpc) is 2.84. The molecule has 3 rings (SSSR count). The van der Waals surface area contributed by atoms with E-state index >= 15 is 0 Å². The number of aryl methyl sites for hydroxylation is 4. The highest BCUT2D eigenvalue weighted by molar-refractivity contribution is 7.92. The number of ether oxygens (including phenoxy) is 2. The number of methoxy groups -OCH3 is 2. The molecule has 0 spiro atoms. The first-order chi connectivity index (χ1) is 17.1. The lowest BCUT2D eigenvalue weighted by Crippen LogP contribution is -2.41. The van der Waals surface area contributed by atoms with Gasteiger partial charge in [0.1, 0.15) is 6.54 Å². The summed E-state index contributed by atoms with van der Waals surface area (Å²) in [4.78, 5) is 13.0. The molecule has 0 unspecified atom stereocenters. The Balaban J connectivity index is 1.71. The molecule has 8 heteroatoms. The second-order valence-electron chi connectivity index (χ2n) is 8.81. The summed E-state index contributed by atoms with van der Waals surface area (Å²) in [6, 6.07) is 17.9. The summed E-state index contributed by atoms with van der Waals surface area (Å²) in [5, 5.41) is 2.87. The van der Waals surface area contributed by atoms with E-state index < -0.39 is 10.0 Å². The largest absolute Gasteiger partial charge is 0.493 e. The SMILES string of the molecule is COc1ccc(CCCNC(=O)CN(c2cc(C)cc(C)c2)S(=O)(=O)c2ccc(C)cc2)cc1OC. The van der Waals surface area contributed by atoms with Crippen LogP contribution in [0.1, 0.15) is 28.7 Å². The van der Waals surface area contributed by atoms with Crippen molar-refractivity contribution in [1.29, 1.82) is 0 Å². The van der Waals surface area contributed by atoms with E-state index in [4.69, 9.17) is 9.47 Å². The molecule has 3 aromatic carbocycles. The minimum Gasteiger partial charge on any atom is -0.493 e. The van der Waals surface area contributed by atoms with Crippen molar-refractivity contribution in [3.05, 3.63) is 82.9 Å². The van der Waals surface area contributed by atoms with Gasteiger partial charge in [0, 0.05) is 6.54 Å². The highest BCUT2D eigenvalue weighted by Gasteiger charge is 2.27. The lowest BCUT2D eigenvalue weighted by Gasteiger charge is -2.25. The molecule has 1 amide bonds. The molecular weight excluding hydrogens is 476 g/mol. The van der Waals surface area contributed by atoms with Crippen LogP contribution in [0.4, 0.5) is 5.69 Å². The Morgan fingerprint density at radius 2 is 1.47 bits per heavy atom. The molecule has 0 aliphatic rings. The molecule has 0 fully saturated rings. The number of hydrogen-bond acceptors (Lipinski definition) is 5. The van der Waals surface area contributed by atoms with Crippen molar-refractivity contribution in [1.82, 2.24) is 5.32 Å². The summed E-state index contributed by atoms with van der Waals surface area (Å²) in [6.45, 7) is 5.81. The summed E-state index contributed by atoms with van der Waals surface area (Å²) in [6.07, 6.45) is 1.42. The monoisotopic (exact) mass is 510 g/mol. The second-order valence-corrected chi connectivity index (χ2v) is 10.7. The number of hydrogen-bond donors (Lipinski definition) is 1. The van der Waals surface area contributed by atoms with Crippen LogP contribution in [0.3, 0.4) is 0 Å². The maximum Gasteiger partial charge on any atom is 0.264 e. The summed E-state index contributed by atoms with van der Waals surface area (Å²) in [7, 11) is -0.759. The van der Waals surface area contributed by atoms with E-state index in [0.29, 0.717) is 30.2 Å². The minimum absolute atomic E-state index is 0.147. The second kappa shape index (κ2) is 11.9. The van der Waals surface area contributed by atoms with Gasteiger partial charge in [0.15, 0.2) is 11.5 Å². The molecule has 36 heavy (non-hydrogen) atoms. The van der Waals surface area contributed by atoms with Gasteiger partial charge >= 0.3 is 0 Å². The van der Waals surface area contributed by atoms with Gasteiger partial charge in [-0.15, -0.1) is 0 Å². The van der Waals surface area contributed by atoms with Gasteiger partial charge < -0.3 is 14.8 Å². The zero-order valence-corrected chi connectivity index (χ0v) is 22.3. The molecule has 1 N–H and O–H groups in total. The van der Waals surface area contributed by atoms with Gasteiger partial charge in [0.2, 0.25) is 5.91 Å². The Morgan fingerprint density at radius 3 is 2.08 bits per heavy atom. The number of rotatable bonds is 11. The molecule has 0 saturated carbocycles. The van der Waals surface area contributed by atoms with Gasteiger partial charge in [-0.25, -0.2) is 8.42 Å². The summed E-state index contributed by atoms with van der Waals surface area (Å²) >= 11 is 0. The first kappa shape index (κ1) is 27.1. The van der Waals surface area contributed by atoms with Crippen LogP contribution in [-0.4, -0.2) is 41.6 Å². The number of amides is 1. The highest BCUT2D eigenvalue weighted by Crippen LogP contribution is 2.28. The van der Waals surface area contributed by atoms with Gasteiger partial charge in [-0.3, -0.25) is 9.10 Å². The number of nitrogens with one attached hydrogen (secondary N) is 1. The van der Waals surface area contributed by atoms with Crippen molar-refractivity contribution in [2.75, 3.05) is 31.6 Å². The predicted molar refractivity (Wildman–Crippen MR) is 143 cm³/mol. The first-order valence-corrected chi connectivity index (χ1v) is 13.2. The zero-order valence-electron chi connectivity index (χ0n) is 21.5. The van der Waals surface area contributed by atoms with Crippen LogP contribution in [-0.2, 0) is 21.2 Å². The Labute approximate surface area is 214 Å². The van der Waals surface area contributed by atoms with E-state index in [2.05, 4.69) is 5.32 Å². The normalized spacial score (nSPS) is 11.1. The summed E-state index contributed by atoms with van der Waals surface area (Å²) in [5.41, 5.74) is 4.32. The van der Waals surface area contributed by atoms with E-state index in [1.165, 1.54) is 4.31 Å². The molecule has 7 nitrogen and oxygen atoms in total. The maximum atomic E-state index is 13.6. The van der Waals surface area contributed by atoms with Crippen molar-refractivity contribution in [2.45, 2.75) is 38.5 Å². The van der Waals surface area contributed by atoms with Crippen LogP contribution in [0.25, 0.3) is 0 Å². The van der Waals surface area contributed by atoms with E-state index in [0.717, 1.165) is 28.7 Å². The quantitative estimate of drug-likeness (QED) is 0.382. The van der Waals surface area contributed by atoms with E-state index in [1.807, 2.05) is 45.0 Å². The number of anilines is 1. The fourth-order valence-electron chi connectivity index (χ4n) is 3.99. The van der Waals surface area contributed by atoms with Gasteiger partial charge in [-0.05, 0) is 86.7 Å². The predicted octanol–water partition coefficient (Wildman–Crippen LogP) is 4.57. The molecule has 0 saturated heterocycles. The topological polar surface area (TPSA) is 84.9 Å². The van der Waals surface area contributed by atoms with Crippen LogP contribution in [0.5, 0.6) is 11.5 Å².